The van der Waals surface area contributed by atoms with Crippen LogP contribution < -0.4 is 0 Å². The predicted octanol–water partition coefficient (Wildman–Crippen LogP) is -0.224. The molecule has 0 aromatic heterocycles. The van der Waals surface area contributed by atoms with Crippen LogP contribution in [0.2, 0.25) is 0 Å². The van der Waals surface area contributed by atoms with E-state index in [1.165, 1.54) is 13.8 Å². The minimum atomic E-state index is -0.711. The van der Waals surface area contributed by atoms with Crippen molar-refractivity contribution in [1.82, 2.24) is 4.90 Å². The Hall–Kier alpha value is -1.65. The van der Waals surface area contributed by atoms with Crippen molar-refractivity contribution in [2.45, 2.75) is 13.8 Å². The molecule has 0 spiro atoms. The van der Waals surface area contributed by atoms with Gasteiger partial charge in [0.05, 0.1) is 6.54 Å². The molecular formula is C8H9NO4. The number of carbonyl (C=O) groups excluding carboxylic acids is 3. The van der Waals surface area contributed by atoms with Gasteiger partial charge in [0, 0.05) is 6.92 Å². The Bertz CT molecular complexity index is 329. The number of ketones is 1. The number of hydrogen-bond donors (Lipinski definition) is 1. The van der Waals surface area contributed by atoms with Crippen molar-refractivity contribution in [1.29, 1.82) is 0 Å². The molecule has 70 valence electrons. The second kappa shape index (κ2) is 3.01. The molecule has 1 rings (SSSR count). The van der Waals surface area contributed by atoms with Crippen molar-refractivity contribution >= 4 is 17.6 Å². The van der Waals surface area contributed by atoms with E-state index in [1.54, 1.807) is 0 Å². The summed E-state index contributed by atoms with van der Waals surface area (Å²) in [5, 5.41) is 9.19. The molecule has 0 fully saturated rings. The molecule has 5 heteroatoms. The zero-order valence-corrected chi connectivity index (χ0v) is 7.33. The number of hydrogen-bond acceptors (Lipinski definition) is 4. The molecule has 0 aliphatic carbocycles. The molecule has 2 amide bonds. The van der Waals surface area contributed by atoms with E-state index in [1.807, 2.05) is 0 Å². The molecule has 5 nitrogen and oxygen atoms in total. The third-order valence-corrected chi connectivity index (χ3v) is 1.79. The van der Waals surface area contributed by atoms with E-state index >= 15 is 0 Å². The lowest BCUT2D eigenvalue weighted by Gasteiger charge is -2.09. The maximum atomic E-state index is 11.3. The van der Waals surface area contributed by atoms with Crippen LogP contribution in [0.25, 0.3) is 0 Å². The van der Waals surface area contributed by atoms with Crippen LogP contribution in [-0.2, 0) is 14.4 Å². The summed E-state index contributed by atoms with van der Waals surface area (Å²) in [4.78, 5) is 33.8. The fraction of sp³-hybridized carbons (Fsp3) is 0.375. The Morgan fingerprint density at radius 2 is 1.92 bits per heavy atom. The van der Waals surface area contributed by atoms with Gasteiger partial charge in [0.2, 0.25) is 5.91 Å². The minimum Gasteiger partial charge on any atom is -0.509 e. The highest BCUT2D eigenvalue weighted by atomic mass is 16.3. The maximum absolute atomic E-state index is 11.3. The van der Waals surface area contributed by atoms with Crippen LogP contribution in [0.4, 0.5) is 0 Å². The number of nitrogens with zero attached hydrogens (tertiary/aromatic N) is 1. The molecule has 1 aliphatic heterocycles. The molecule has 0 saturated heterocycles. The lowest BCUT2D eigenvalue weighted by atomic mass is 10.2. The zero-order chi connectivity index (χ0) is 10.2. The molecule has 0 saturated carbocycles. The average molecular weight is 183 g/mol. The van der Waals surface area contributed by atoms with Crippen molar-refractivity contribution < 1.29 is 19.5 Å². The highest BCUT2D eigenvalue weighted by Gasteiger charge is 2.35. The second-order valence-electron chi connectivity index (χ2n) is 2.79. The number of aliphatic hydroxyl groups excluding tert-OH is 1. The number of aliphatic hydroxyl groups is 1. The summed E-state index contributed by atoms with van der Waals surface area (Å²) in [5.41, 5.74) is -0.282. The topological polar surface area (TPSA) is 74.7 Å². The van der Waals surface area contributed by atoms with Crippen LogP contribution in [0.1, 0.15) is 13.8 Å². The van der Waals surface area contributed by atoms with Crippen molar-refractivity contribution in [2.75, 3.05) is 6.54 Å². The molecule has 1 aliphatic rings. The van der Waals surface area contributed by atoms with E-state index in [2.05, 4.69) is 0 Å². The molecule has 0 atom stereocenters. The first-order valence-electron chi connectivity index (χ1n) is 3.70. The number of imide groups is 1. The van der Waals surface area contributed by atoms with Gasteiger partial charge in [-0.2, -0.15) is 0 Å². The highest BCUT2D eigenvalue weighted by Crippen LogP contribution is 2.17. The van der Waals surface area contributed by atoms with Crippen LogP contribution in [-0.4, -0.2) is 34.1 Å². The summed E-state index contributed by atoms with van der Waals surface area (Å²) in [6, 6.07) is 0. The van der Waals surface area contributed by atoms with Gasteiger partial charge in [-0.1, -0.05) is 0 Å². The second-order valence-corrected chi connectivity index (χ2v) is 2.79. The van der Waals surface area contributed by atoms with E-state index in [0.29, 0.717) is 0 Å². The van der Waals surface area contributed by atoms with Gasteiger partial charge in [-0.3, -0.25) is 19.3 Å². The van der Waals surface area contributed by atoms with E-state index in [-0.39, 0.29) is 17.9 Å². The van der Waals surface area contributed by atoms with Gasteiger partial charge in [0.1, 0.15) is 11.3 Å². The number of Topliss-reactive ketones (excluding diaryl/α,β-unsaturated/α-hetero) is 1. The normalized spacial score (nSPS) is 16.8. The lowest BCUT2D eigenvalue weighted by Crippen LogP contribution is -2.32. The monoisotopic (exact) mass is 183 g/mol. The summed E-state index contributed by atoms with van der Waals surface area (Å²) in [6.07, 6.45) is 0. The third-order valence-electron chi connectivity index (χ3n) is 1.79. The fourth-order valence-electron chi connectivity index (χ4n) is 1.17. The number of carbonyl (C=O) groups is 3. The lowest BCUT2D eigenvalue weighted by molar-refractivity contribution is -0.139. The Morgan fingerprint density at radius 1 is 1.38 bits per heavy atom. The molecule has 0 radical (unpaired) electrons. The van der Waals surface area contributed by atoms with Crippen molar-refractivity contribution in [3.63, 3.8) is 0 Å². The number of amides is 2. The van der Waals surface area contributed by atoms with Crippen LogP contribution in [0.3, 0.4) is 0 Å². The first kappa shape index (κ1) is 9.44. The first-order valence-corrected chi connectivity index (χ1v) is 3.70. The van der Waals surface area contributed by atoms with Crippen molar-refractivity contribution in [2.24, 2.45) is 0 Å². The minimum absolute atomic E-state index is 0.191. The largest absolute Gasteiger partial charge is 0.509 e. The molecule has 0 unspecified atom stereocenters. The maximum Gasteiger partial charge on any atom is 0.267 e. The quantitative estimate of drug-likeness (QED) is 0.570. The smallest absolute Gasteiger partial charge is 0.267 e. The SMILES string of the molecule is CC(=O)C1=C(O)CN(C(C)=O)C1=O. The van der Waals surface area contributed by atoms with Gasteiger partial charge < -0.3 is 5.11 Å². The predicted molar refractivity (Wildman–Crippen MR) is 42.7 cm³/mol. The van der Waals surface area contributed by atoms with E-state index in [0.717, 1.165) is 4.90 Å². The zero-order valence-electron chi connectivity index (χ0n) is 7.33. The van der Waals surface area contributed by atoms with E-state index < -0.39 is 17.6 Å². The summed E-state index contributed by atoms with van der Waals surface area (Å²) < 4.78 is 0. The average Bonchev–Trinajstić information content (AvgIpc) is 2.26. The third kappa shape index (κ3) is 1.44. The number of rotatable bonds is 1. The highest BCUT2D eigenvalue weighted by molar-refractivity contribution is 6.23. The molecule has 0 aromatic carbocycles. The standard InChI is InChI=1S/C8H9NO4/c1-4(10)7-6(12)3-9(5(2)11)8(7)13/h12H,3H2,1-2H3. The molecular weight excluding hydrogens is 174 g/mol. The molecule has 1 heterocycles. The van der Waals surface area contributed by atoms with Crippen LogP contribution in [0.15, 0.2) is 11.3 Å². The van der Waals surface area contributed by atoms with Crippen LogP contribution in [0, 0.1) is 0 Å². The van der Waals surface area contributed by atoms with Gasteiger partial charge in [0.15, 0.2) is 5.78 Å². The first-order chi connectivity index (χ1) is 5.95. The Kier molecular flexibility index (Phi) is 2.18. The summed E-state index contributed by atoms with van der Waals surface area (Å²) in [7, 11) is 0. The Balaban J connectivity index is 3.01. The molecule has 0 aromatic rings. The van der Waals surface area contributed by atoms with Crippen LogP contribution >= 0.6 is 0 Å². The molecule has 1 N–H and O–H groups in total. The fourth-order valence-corrected chi connectivity index (χ4v) is 1.17. The molecule has 0 bridgehead atoms. The Morgan fingerprint density at radius 3 is 2.15 bits per heavy atom. The van der Waals surface area contributed by atoms with Crippen molar-refractivity contribution in [3.8, 4) is 0 Å². The van der Waals surface area contributed by atoms with Gasteiger partial charge in [-0.15, -0.1) is 0 Å². The van der Waals surface area contributed by atoms with Crippen molar-refractivity contribution in [3.05, 3.63) is 11.3 Å². The van der Waals surface area contributed by atoms with Gasteiger partial charge >= 0.3 is 0 Å². The Labute approximate surface area is 74.6 Å². The van der Waals surface area contributed by atoms with E-state index in [4.69, 9.17) is 0 Å². The van der Waals surface area contributed by atoms with Gasteiger partial charge in [0.25, 0.3) is 5.91 Å². The van der Waals surface area contributed by atoms with E-state index in [9.17, 15) is 19.5 Å². The summed E-state index contributed by atoms with van der Waals surface area (Å²) in [6.45, 7) is 2.18. The molecule has 13 heavy (non-hydrogen) atoms. The van der Waals surface area contributed by atoms with Gasteiger partial charge in [-0.25, -0.2) is 0 Å². The van der Waals surface area contributed by atoms with Gasteiger partial charge in [-0.05, 0) is 6.92 Å². The van der Waals surface area contributed by atoms with Crippen LogP contribution in [0.5, 0.6) is 0 Å². The summed E-state index contributed by atoms with van der Waals surface area (Å²) in [5.74, 6) is -2.04. The summed E-state index contributed by atoms with van der Waals surface area (Å²) >= 11 is 0.